The first-order valence-corrected chi connectivity index (χ1v) is 7.00. The number of carboxylic acid groups (broad SMARTS) is 1. The van der Waals surface area contributed by atoms with Gasteiger partial charge in [-0.3, -0.25) is 4.79 Å². The fourth-order valence-corrected chi connectivity index (χ4v) is 1.91. The lowest BCUT2D eigenvalue weighted by Crippen LogP contribution is -2.22. The summed E-state index contributed by atoms with van der Waals surface area (Å²) in [7, 11) is 0. The van der Waals surface area contributed by atoms with Crippen LogP contribution < -0.4 is 0 Å². The summed E-state index contributed by atoms with van der Waals surface area (Å²) in [6, 6.07) is 0. The highest BCUT2D eigenvalue weighted by molar-refractivity contribution is 5.66. The van der Waals surface area contributed by atoms with Crippen molar-refractivity contribution in [3.05, 3.63) is 11.7 Å². The fraction of sp³-hybridized carbons (Fsp3) is 0.786. The molecule has 1 unspecified atom stereocenters. The molecule has 1 N–H and O–H groups in total. The van der Waals surface area contributed by atoms with Crippen LogP contribution in [0.2, 0.25) is 0 Å². The minimum atomic E-state index is -0.777. The molecule has 0 aliphatic rings. The lowest BCUT2D eigenvalue weighted by molar-refractivity contribution is -0.137. The number of unbranched alkanes of at least 4 members (excludes halogenated alkanes) is 1. The van der Waals surface area contributed by atoms with Gasteiger partial charge in [0.25, 0.3) is 0 Å². The largest absolute Gasteiger partial charge is 0.481 e. The van der Waals surface area contributed by atoms with Gasteiger partial charge in [-0.15, -0.1) is 0 Å². The van der Waals surface area contributed by atoms with Crippen molar-refractivity contribution in [1.29, 1.82) is 0 Å². The molecule has 20 heavy (non-hydrogen) atoms. The van der Waals surface area contributed by atoms with E-state index in [1.807, 2.05) is 6.92 Å². The van der Waals surface area contributed by atoms with E-state index in [4.69, 9.17) is 14.4 Å². The topological polar surface area (TPSA) is 85.5 Å². The van der Waals surface area contributed by atoms with E-state index in [1.54, 1.807) is 0 Å². The number of rotatable bonds is 8. The first-order chi connectivity index (χ1) is 9.34. The van der Waals surface area contributed by atoms with Crippen molar-refractivity contribution in [2.45, 2.75) is 59.5 Å². The zero-order valence-electron chi connectivity index (χ0n) is 12.7. The second kappa shape index (κ2) is 7.38. The van der Waals surface area contributed by atoms with Gasteiger partial charge < -0.3 is 14.4 Å². The monoisotopic (exact) mass is 284 g/mol. The third kappa shape index (κ3) is 5.28. The Morgan fingerprint density at radius 2 is 2.10 bits per heavy atom. The maximum absolute atomic E-state index is 10.4. The van der Waals surface area contributed by atoms with Crippen LogP contribution in [0, 0.1) is 5.41 Å². The minimum Gasteiger partial charge on any atom is -0.481 e. The second-order valence-corrected chi connectivity index (χ2v) is 5.85. The van der Waals surface area contributed by atoms with E-state index in [0.717, 1.165) is 6.42 Å². The summed E-state index contributed by atoms with van der Waals surface area (Å²) >= 11 is 0. The number of hydrogen-bond donors (Lipinski definition) is 1. The number of carbonyl (C=O) groups is 1. The zero-order chi connectivity index (χ0) is 15.2. The molecule has 1 rings (SSSR count). The van der Waals surface area contributed by atoms with Crippen molar-refractivity contribution in [2.75, 3.05) is 6.61 Å². The van der Waals surface area contributed by atoms with Gasteiger partial charge in [0, 0.05) is 19.4 Å². The number of hydrogen-bond acceptors (Lipinski definition) is 5. The van der Waals surface area contributed by atoms with E-state index in [9.17, 15) is 4.79 Å². The minimum absolute atomic E-state index is 0.111. The molecule has 0 aliphatic carbocycles. The number of ether oxygens (including phenoxy) is 1. The van der Waals surface area contributed by atoms with Crippen molar-refractivity contribution in [1.82, 2.24) is 10.1 Å². The van der Waals surface area contributed by atoms with Gasteiger partial charge >= 0.3 is 5.97 Å². The molecule has 0 saturated heterocycles. The average Bonchev–Trinajstić information content (AvgIpc) is 2.78. The van der Waals surface area contributed by atoms with Crippen LogP contribution in [0.3, 0.4) is 0 Å². The van der Waals surface area contributed by atoms with E-state index >= 15 is 0 Å². The third-order valence-corrected chi connectivity index (χ3v) is 2.87. The van der Waals surface area contributed by atoms with Gasteiger partial charge in [0.15, 0.2) is 0 Å². The Balaban J connectivity index is 2.58. The van der Waals surface area contributed by atoms with E-state index in [-0.39, 0.29) is 17.9 Å². The zero-order valence-corrected chi connectivity index (χ0v) is 12.7. The van der Waals surface area contributed by atoms with Crippen LogP contribution in [0.15, 0.2) is 4.52 Å². The molecule has 0 fully saturated rings. The summed E-state index contributed by atoms with van der Waals surface area (Å²) in [5.74, 6) is 0.326. The van der Waals surface area contributed by atoms with Crippen molar-refractivity contribution in [3.8, 4) is 0 Å². The first-order valence-electron chi connectivity index (χ1n) is 7.00. The molecule has 114 valence electrons. The quantitative estimate of drug-likeness (QED) is 0.738. The molecule has 0 spiro atoms. The van der Waals surface area contributed by atoms with Crippen LogP contribution in [0.5, 0.6) is 0 Å². The van der Waals surface area contributed by atoms with E-state index in [2.05, 4.69) is 30.9 Å². The van der Waals surface area contributed by atoms with Crippen molar-refractivity contribution in [2.24, 2.45) is 5.41 Å². The van der Waals surface area contributed by atoms with Crippen LogP contribution in [0.25, 0.3) is 0 Å². The molecule has 1 heterocycles. The van der Waals surface area contributed by atoms with Crippen LogP contribution in [0.1, 0.15) is 64.8 Å². The van der Waals surface area contributed by atoms with E-state index < -0.39 is 5.97 Å². The Labute approximate surface area is 119 Å². The summed E-state index contributed by atoms with van der Waals surface area (Å²) in [5, 5.41) is 12.6. The second-order valence-electron chi connectivity index (χ2n) is 5.85. The molecule has 0 aromatic carbocycles. The molecule has 6 nitrogen and oxygen atoms in total. The summed E-state index contributed by atoms with van der Waals surface area (Å²) in [6.07, 6.45) is 1.90. The van der Waals surface area contributed by atoms with E-state index in [0.29, 0.717) is 31.2 Å². The van der Waals surface area contributed by atoms with E-state index in [1.165, 1.54) is 0 Å². The van der Waals surface area contributed by atoms with Gasteiger partial charge in [-0.2, -0.15) is 4.98 Å². The molecule has 0 bridgehead atoms. The molecule has 6 heteroatoms. The highest BCUT2D eigenvalue weighted by Crippen LogP contribution is 2.34. The van der Waals surface area contributed by atoms with Gasteiger partial charge in [0.1, 0.15) is 6.10 Å². The van der Waals surface area contributed by atoms with Crippen molar-refractivity contribution < 1.29 is 19.2 Å². The molecule has 0 radical (unpaired) electrons. The number of aliphatic carboxylic acids is 1. The summed E-state index contributed by atoms with van der Waals surface area (Å²) in [6.45, 7) is 8.72. The van der Waals surface area contributed by atoms with Crippen LogP contribution in [-0.2, 0) is 16.0 Å². The number of aromatic nitrogens is 2. The van der Waals surface area contributed by atoms with Gasteiger partial charge in [-0.05, 0) is 25.2 Å². The number of aryl methyl sites for hydroxylation is 1. The Morgan fingerprint density at radius 3 is 2.65 bits per heavy atom. The maximum Gasteiger partial charge on any atom is 0.303 e. The van der Waals surface area contributed by atoms with Gasteiger partial charge in [-0.1, -0.05) is 25.9 Å². The predicted molar refractivity (Wildman–Crippen MR) is 73.3 cm³/mol. The molecule has 0 amide bonds. The lowest BCUT2D eigenvalue weighted by Gasteiger charge is -2.27. The number of nitrogens with zero attached hydrogens (tertiary/aromatic N) is 2. The molecule has 1 aromatic rings. The van der Waals surface area contributed by atoms with Gasteiger partial charge in [-0.25, -0.2) is 0 Å². The summed E-state index contributed by atoms with van der Waals surface area (Å²) in [5.41, 5.74) is -0.111. The normalized spacial score (nSPS) is 13.4. The molecular formula is C14H24N2O4. The highest BCUT2D eigenvalue weighted by Gasteiger charge is 2.31. The van der Waals surface area contributed by atoms with Gasteiger partial charge in [0.2, 0.25) is 11.7 Å². The molecular weight excluding hydrogens is 260 g/mol. The molecule has 0 aliphatic heterocycles. The average molecular weight is 284 g/mol. The molecule has 1 aromatic heterocycles. The lowest BCUT2D eigenvalue weighted by atomic mass is 9.88. The SMILES string of the molecule is CCOC(c1noc(CCCCC(=O)O)n1)C(C)(C)C. The third-order valence-electron chi connectivity index (χ3n) is 2.87. The standard InChI is InChI=1S/C14H24N2O4/c1-5-19-12(14(2,3)4)13-15-10(20-16-13)8-6-7-9-11(17)18/h12H,5-9H2,1-4H3,(H,17,18). The number of carboxylic acids is 1. The van der Waals surface area contributed by atoms with Gasteiger partial charge in [0.05, 0.1) is 0 Å². The van der Waals surface area contributed by atoms with Crippen LogP contribution in [-0.4, -0.2) is 27.8 Å². The van der Waals surface area contributed by atoms with Crippen LogP contribution >= 0.6 is 0 Å². The Morgan fingerprint density at radius 1 is 1.40 bits per heavy atom. The summed E-state index contributed by atoms with van der Waals surface area (Å²) < 4.78 is 10.9. The maximum atomic E-state index is 10.4. The molecule has 0 saturated carbocycles. The predicted octanol–water partition coefficient (Wildman–Crippen LogP) is 2.99. The summed E-state index contributed by atoms with van der Waals surface area (Å²) in [4.78, 5) is 14.8. The molecule has 1 atom stereocenters. The Kier molecular flexibility index (Phi) is 6.13. The van der Waals surface area contributed by atoms with Crippen molar-refractivity contribution in [3.63, 3.8) is 0 Å². The Bertz CT molecular complexity index is 423. The fourth-order valence-electron chi connectivity index (χ4n) is 1.91. The highest BCUT2D eigenvalue weighted by atomic mass is 16.5. The van der Waals surface area contributed by atoms with Crippen molar-refractivity contribution >= 4 is 5.97 Å². The Hall–Kier alpha value is -1.43. The smallest absolute Gasteiger partial charge is 0.303 e. The van der Waals surface area contributed by atoms with Crippen LogP contribution in [0.4, 0.5) is 0 Å². The first kappa shape index (κ1) is 16.6.